The lowest BCUT2D eigenvalue weighted by Gasteiger charge is -2.23. The standard InChI is InChI=1S/C15H20N2O2/c1-9(11-3-4-11)16-10(2)12-5-6-14-13(7-12)17-15(18)8-19-14/h5-7,9-11,16H,3-4,8H2,1-2H3,(H,17,18). The molecule has 0 radical (unpaired) electrons. The fourth-order valence-corrected chi connectivity index (χ4v) is 2.59. The summed E-state index contributed by atoms with van der Waals surface area (Å²) in [5.41, 5.74) is 1.96. The van der Waals surface area contributed by atoms with E-state index in [4.69, 9.17) is 4.74 Å². The van der Waals surface area contributed by atoms with Crippen molar-refractivity contribution >= 4 is 11.6 Å². The summed E-state index contributed by atoms with van der Waals surface area (Å²) in [6.45, 7) is 4.52. The van der Waals surface area contributed by atoms with Gasteiger partial charge in [0.25, 0.3) is 5.91 Å². The van der Waals surface area contributed by atoms with Crippen LogP contribution in [-0.2, 0) is 4.79 Å². The third kappa shape index (κ3) is 2.73. The van der Waals surface area contributed by atoms with Crippen molar-refractivity contribution in [2.24, 2.45) is 5.92 Å². The predicted octanol–water partition coefficient (Wildman–Crippen LogP) is 2.47. The van der Waals surface area contributed by atoms with Crippen molar-refractivity contribution < 1.29 is 9.53 Å². The van der Waals surface area contributed by atoms with Crippen LogP contribution in [0.25, 0.3) is 0 Å². The molecule has 1 aromatic rings. The number of hydrogen-bond donors (Lipinski definition) is 2. The van der Waals surface area contributed by atoms with E-state index in [1.54, 1.807) is 0 Å². The fraction of sp³-hybridized carbons (Fsp3) is 0.533. The first-order valence-corrected chi connectivity index (χ1v) is 6.96. The van der Waals surface area contributed by atoms with Gasteiger partial charge in [0, 0.05) is 12.1 Å². The van der Waals surface area contributed by atoms with Crippen LogP contribution < -0.4 is 15.4 Å². The molecule has 0 aromatic heterocycles. The zero-order valence-corrected chi connectivity index (χ0v) is 11.4. The van der Waals surface area contributed by atoms with Gasteiger partial charge in [0.2, 0.25) is 0 Å². The number of carbonyl (C=O) groups is 1. The van der Waals surface area contributed by atoms with E-state index in [-0.39, 0.29) is 18.6 Å². The summed E-state index contributed by atoms with van der Waals surface area (Å²) in [5, 5.41) is 6.47. The van der Waals surface area contributed by atoms with Crippen LogP contribution in [0.5, 0.6) is 5.75 Å². The van der Waals surface area contributed by atoms with Gasteiger partial charge in [-0.25, -0.2) is 0 Å². The maximum Gasteiger partial charge on any atom is 0.262 e. The maximum atomic E-state index is 11.3. The molecule has 1 fully saturated rings. The van der Waals surface area contributed by atoms with Crippen LogP contribution >= 0.6 is 0 Å². The predicted molar refractivity (Wildman–Crippen MR) is 74.3 cm³/mol. The topological polar surface area (TPSA) is 50.4 Å². The number of benzene rings is 1. The molecular weight excluding hydrogens is 240 g/mol. The lowest BCUT2D eigenvalue weighted by Crippen LogP contribution is -2.31. The highest BCUT2D eigenvalue weighted by Crippen LogP contribution is 2.34. The highest BCUT2D eigenvalue weighted by atomic mass is 16.5. The zero-order chi connectivity index (χ0) is 13.4. The van der Waals surface area contributed by atoms with Gasteiger partial charge in [0.1, 0.15) is 5.75 Å². The first-order chi connectivity index (χ1) is 9.13. The summed E-state index contributed by atoms with van der Waals surface area (Å²) in [6.07, 6.45) is 2.68. The molecule has 1 aromatic carbocycles. The van der Waals surface area contributed by atoms with Gasteiger partial charge in [-0.1, -0.05) is 6.07 Å². The van der Waals surface area contributed by atoms with Gasteiger partial charge in [-0.3, -0.25) is 4.79 Å². The van der Waals surface area contributed by atoms with Crippen molar-refractivity contribution in [3.8, 4) is 5.75 Å². The Morgan fingerprint density at radius 2 is 2.16 bits per heavy atom. The van der Waals surface area contributed by atoms with E-state index in [1.165, 1.54) is 18.4 Å². The largest absolute Gasteiger partial charge is 0.482 e. The van der Waals surface area contributed by atoms with Crippen LogP contribution in [0.3, 0.4) is 0 Å². The van der Waals surface area contributed by atoms with E-state index in [1.807, 2.05) is 12.1 Å². The third-order valence-corrected chi connectivity index (χ3v) is 3.98. The molecule has 2 aliphatic rings. The van der Waals surface area contributed by atoms with Crippen LogP contribution in [0, 0.1) is 5.92 Å². The molecule has 3 rings (SSSR count). The normalized spacial score (nSPS) is 21.1. The molecule has 2 unspecified atom stereocenters. The Morgan fingerprint density at radius 3 is 2.89 bits per heavy atom. The Hall–Kier alpha value is -1.55. The van der Waals surface area contributed by atoms with Crippen LogP contribution in [-0.4, -0.2) is 18.6 Å². The first-order valence-electron chi connectivity index (χ1n) is 6.96. The van der Waals surface area contributed by atoms with E-state index < -0.39 is 0 Å². The molecule has 0 bridgehead atoms. The monoisotopic (exact) mass is 260 g/mol. The molecular formula is C15H20N2O2. The minimum absolute atomic E-state index is 0.0865. The molecule has 1 saturated carbocycles. The molecule has 19 heavy (non-hydrogen) atoms. The average molecular weight is 260 g/mol. The Balaban J connectivity index is 1.73. The minimum atomic E-state index is -0.0865. The number of ether oxygens (including phenoxy) is 1. The molecule has 1 aliphatic carbocycles. The molecule has 1 heterocycles. The SMILES string of the molecule is CC(NC(C)C1CC1)c1ccc2c(c1)NC(=O)CO2. The highest BCUT2D eigenvalue weighted by Gasteiger charge is 2.28. The number of nitrogens with one attached hydrogen (secondary N) is 2. The second kappa shape index (κ2) is 4.85. The number of rotatable bonds is 4. The number of hydrogen-bond acceptors (Lipinski definition) is 3. The Labute approximate surface area is 113 Å². The Morgan fingerprint density at radius 1 is 1.37 bits per heavy atom. The van der Waals surface area contributed by atoms with Crippen LogP contribution in [0.15, 0.2) is 18.2 Å². The molecule has 2 N–H and O–H groups in total. The van der Waals surface area contributed by atoms with E-state index in [0.717, 1.165) is 17.4 Å². The van der Waals surface area contributed by atoms with Crippen LogP contribution in [0.2, 0.25) is 0 Å². The molecule has 2 atom stereocenters. The van der Waals surface area contributed by atoms with Crippen molar-refractivity contribution in [1.82, 2.24) is 5.32 Å². The van der Waals surface area contributed by atoms with Crippen molar-refractivity contribution in [2.75, 3.05) is 11.9 Å². The lowest BCUT2D eigenvalue weighted by atomic mass is 10.0. The highest BCUT2D eigenvalue weighted by molar-refractivity contribution is 5.95. The summed E-state index contributed by atoms with van der Waals surface area (Å²) < 4.78 is 5.37. The van der Waals surface area contributed by atoms with Gasteiger partial charge in [-0.05, 0) is 50.3 Å². The summed E-state index contributed by atoms with van der Waals surface area (Å²) in [6, 6.07) is 6.83. The fourth-order valence-electron chi connectivity index (χ4n) is 2.59. The Kier molecular flexibility index (Phi) is 3.19. The smallest absolute Gasteiger partial charge is 0.262 e. The van der Waals surface area contributed by atoms with E-state index >= 15 is 0 Å². The van der Waals surface area contributed by atoms with Crippen molar-refractivity contribution in [2.45, 2.75) is 38.8 Å². The first kappa shape index (κ1) is 12.5. The molecule has 0 spiro atoms. The van der Waals surface area contributed by atoms with Gasteiger partial charge in [-0.2, -0.15) is 0 Å². The molecule has 102 valence electrons. The van der Waals surface area contributed by atoms with Crippen LogP contribution in [0.1, 0.15) is 38.3 Å². The molecule has 4 heteroatoms. The summed E-state index contributed by atoms with van der Waals surface area (Å²) in [4.78, 5) is 11.3. The molecule has 1 amide bonds. The molecule has 1 aliphatic heterocycles. The minimum Gasteiger partial charge on any atom is -0.482 e. The van der Waals surface area contributed by atoms with Gasteiger partial charge < -0.3 is 15.4 Å². The third-order valence-electron chi connectivity index (χ3n) is 3.98. The number of amides is 1. The number of anilines is 1. The Bertz CT molecular complexity index is 497. The van der Waals surface area contributed by atoms with Gasteiger partial charge in [0.05, 0.1) is 5.69 Å². The van der Waals surface area contributed by atoms with E-state index in [9.17, 15) is 4.79 Å². The maximum absolute atomic E-state index is 11.3. The summed E-state index contributed by atoms with van der Waals surface area (Å²) in [5.74, 6) is 1.51. The van der Waals surface area contributed by atoms with Crippen molar-refractivity contribution in [3.05, 3.63) is 23.8 Å². The second-order valence-corrected chi connectivity index (χ2v) is 5.61. The zero-order valence-electron chi connectivity index (χ0n) is 11.4. The van der Waals surface area contributed by atoms with Crippen molar-refractivity contribution in [3.63, 3.8) is 0 Å². The van der Waals surface area contributed by atoms with Crippen LogP contribution in [0.4, 0.5) is 5.69 Å². The van der Waals surface area contributed by atoms with Gasteiger partial charge in [-0.15, -0.1) is 0 Å². The number of fused-ring (bicyclic) bond motifs is 1. The van der Waals surface area contributed by atoms with Crippen molar-refractivity contribution in [1.29, 1.82) is 0 Å². The quantitative estimate of drug-likeness (QED) is 0.874. The van der Waals surface area contributed by atoms with Gasteiger partial charge >= 0.3 is 0 Å². The van der Waals surface area contributed by atoms with E-state index in [2.05, 4.69) is 30.5 Å². The molecule has 0 saturated heterocycles. The molecule has 4 nitrogen and oxygen atoms in total. The second-order valence-electron chi connectivity index (χ2n) is 5.61. The van der Waals surface area contributed by atoms with Gasteiger partial charge in [0.15, 0.2) is 6.61 Å². The average Bonchev–Trinajstić information content (AvgIpc) is 3.22. The number of carbonyl (C=O) groups excluding carboxylic acids is 1. The summed E-state index contributed by atoms with van der Waals surface area (Å²) in [7, 11) is 0. The summed E-state index contributed by atoms with van der Waals surface area (Å²) >= 11 is 0. The lowest BCUT2D eigenvalue weighted by molar-refractivity contribution is -0.118. The van der Waals surface area contributed by atoms with E-state index in [0.29, 0.717) is 6.04 Å².